The van der Waals surface area contributed by atoms with E-state index in [4.69, 9.17) is 4.74 Å². The van der Waals surface area contributed by atoms with Crippen LogP contribution in [0.25, 0.3) is 0 Å². The first-order valence-corrected chi connectivity index (χ1v) is 6.43. The molecule has 0 saturated carbocycles. The van der Waals surface area contributed by atoms with Gasteiger partial charge in [0, 0.05) is 12.8 Å². The molecule has 4 nitrogen and oxygen atoms in total. The van der Waals surface area contributed by atoms with Crippen molar-refractivity contribution in [2.45, 2.75) is 37.3 Å². The van der Waals surface area contributed by atoms with Gasteiger partial charge in [0.1, 0.15) is 17.4 Å². The standard InChI is InChI=1S/C14H17NO3/c16-13(17)14(6-3-7-15-14)9-11-8-10-4-1-2-5-12(10)18-11/h1-2,4-5,11,15H,3,6-9H2,(H,16,17). The van der Waals surface area contributed by atoms with Gasteiger partial charge in [-0.25, -0.2) is 0 Å². The zero-order chi connectivity index (χ0) is 12.6. The second-order valence-electron chi connectivity index (χ2n) is 5.17. The molecule has 0 aromatic heterocycles. The number of fused-ring (bicyclic) bond motifs is 1. The van der Waals surface area contributed by atoms with E-state index in [9.17, 15) is 9.90 Å². The SMILES string of the molecule is O=C(O)C1(CC2Cc3ccccc3O2)CCCN1. The van der Waals surface area contributed by atoms with Gasteiger partial charge in [0.15, 0.2) is 0 Å². The van der Waals surface area contributed by atoms with Crippen LogP contribution in [0.15, 0.2) is 24.3 Å². The van der Waals surface area contributed by atoms with Gasteiger partial charge in [0.25, 0.3) is 0 Å². The lowest BCUT2D eigenvalue weighted by Gasteiger charge is -2.27. The van der Waals surface area contributed by atoms with Crippen LogP contribution in [-0.2, 0) is 11.2 Å². The van der Waals surface area contributed by atoms with Crippen molar-refractivity contribution in [2.75, 3.05) is 6.54 Å². The van der Waals surface area contributed by atoms with Gasteiger partial charge in [-0.1, -0.05) is 18.2 Å². The van der Waals surface area contributed by atoms with Crippen LogP contribution >= 0.6 is 0 Å². The first-order chi connectivity index (χ1) is 8.70. The van der Waals surface area contributed by atoms with E-state index in [1.54, 1.807) is 0 Å². The molecule has 2 N–H and O–H groups in total. The van der Waals surface area contributed by atoms with Crippen LogP contribution in [0.3, 0.4) is 0 Å². The maximum atomic E-state index is 11.5. The second kappa shape index (κ2) is 4.28. The van der Waals surface area contributed by atoms with E-state index >= 15 is 0 Å². The van der Waals surface area contributed by atoms with Gasteiger partial charge in [0.2, 0.25) is 0 Å². The van der Waals surface area contributed by atoms with Crippen LogP contribution in [0.4, 0.5) is 0 Å². The predicted molar refractivity (Wildman–Crippen MR) is 66.8 cm³/mol. The van der Waals surface area contributed by atoms with E-state index in [1.807, 2.05) is 24.3 Å². The number of para-hydroxylation sites is 1. The maximum absolute atomic E-state index is 11.5. The van der Waals surface area contributed by atoms with Crippen molar-refractivity contribution in [1.29, 1.82) is 0 Å². The van der Waals surface area contributed by atoms with E-state index in [1.165, 1.54) is 5.56 Å². The van der Waals surface area contributed by atoms with E-state index in [0.717, 1.165) is 25.1 Å². The average Bonchev–Trinajstić information content (AvgIpc) is 2.95. The number of benzene rings is 1. The molecule has 1 fully saturated rings. The molecular formula is C14H17NO3. The Morgan fingerprint density at radius 2 is 2.33 bits per heavy atom. The molecule has 0 bridgehead atoms. The monoisotopic (exact) mass is 247 g/mol. The lowest BCUT2D eigenvalue weighted by molar-refractivity contribution is -0.145. The number of nitrogens with one attached hydrogen (secondary N) is 1. The Morgan fingerprint density at radius 1 is 1.50 bits per heavy atom. The molecule has 2 atom stereocenters. The second-order valence-corrected chi connectivity index (χ2v) is 5.17. The van der Waals surface area contributed by atoms with E-state index in [2.05, 4.69) is 5.32 Å². The minimum absolute atomic E-state index is 0.0240. The van der Waals surface area contributed by atoms with Gasteiger partial charge >= 0.3 is 5.97 Å². The van der Waals surface area contributed by atoms with Gasteiger partial charge in [0.05, 0.1) is 0 Å². The fraction of sp³-hybridized carbons (Fsp3) is 0.500. The largest absolute Gasteiger partial charge is 0.490 e. The smallest absolute Gasteiger partial charge is 0.324 e. The molecule has 1 aromatic carbocycles. The quantitative estimate of drug-likeness (QED) is 0.851. The summed E-state index contributed by atoms with van der Waals surface area (Å²) in [5.74, 6) is 0.153. The molecule has 1 aromatic rings. The summed E-state index contributed by atoms with van der Waals surface area (Å²) in [7, 11) is 0. The van der Waals surface area contributed by atoms with Gasteiger partial charge in [-0.05, 0) is 31.0 Å². The Kier molecular flexibility index (Phi) is 2.74. The van der Waals surface area contributed by atoms with Gasteiger partial charge in [-0.2, -0.15) is 0 Å². The molecule has 2 unspecified atom stereocenters. The lowest BCUT2D eigenvalue weighted by atomic mass is 9.89. The highest BCUT2D eigenvalue weighted by Gasteiger charge is 2.44. The first-order valence-electron chi connectivity index (χ1n) is 6.43. The summed E-state index contributed by atoms with van der Waals surface area (Å²) in [5, 5.41) is 12.6. The highest BCUT2D eigenvalue weighted by molar-refractivity contribution is 5.79. The number of carboxylic acids is 1. The van der Waals surface area contributed by atoms with E-state index in [-0.39, 0.29) is 6.10 Å². The third kappa shape index (κ3) is 1.86. The summed E-state index contributed by atoms with van der Waals surface area (Å²) >= 11 is 0. The number of aliphatic carboxylic acids is 1. The van der Waals surface area contributed by atoms with Crippen LogP contribution in [0, 0.1) is 0 Å². The normalized spacial score (nSPS) is 29.9. The highest BCUT2D eigenvalue weighted by atomic mass is 16.5. The molecule has 0 radical (unpaired) electrons. The zero-order valence-corrected chi connectivity index (χ0v) is 10.2. The summed E-state index contributed by atoms with van der Waals surface area (Å²) in [6.45, 7) is 0.784. The fourth-order valence-corrected chi connectivity index (χ4v) is 3.01. The number of rotatable bonds is 3. The van der Waals surface area contributed by atoms with Crippen molar-refractivity contribution in [3.8, 4) is 5.75 Å². The molecule has 2 heterocycles. The summed E-state index contributed by atoms with van der Waals surface area (Å²) in [4.78, 5) is 11.5. The van der Waals surface area contributed by atoms with Gasteiger partial charge in [-0.3, -0.25) is 4.79 Å². The van der Waals surface area contributed by atoms with Crippen molar-refractivity contribution in [1.82, 2.24) is 5.32 Å². The van der Waals surface area contributed by atoms with Crippen LogP contribution in [-0.4, -0.2) is 29.3 Å². The van der Waals surface area contributed by atoms with Crippen LogP contribution in [0.1, 0.15) is 24.8 Å². The molecule has 2 aliphatic rings. The molecule has 0 aliphatic carbocycles. The van der Waals surface area contributed by atoms with E-state index in [0.29, 0.717) is 12.8 Å². The highest BCUT2D eigenvalue weighted by Crippen LogP contribution is 2.34. The number of hydrogen-bond donors (Lipinski definition) is 2. The fourth-order valence-electron chi connectivity index (χ4n) is 3.01. The summed E-state index contributed by atoms with van der Waals surface area (Å²) in [5.41, 5.74) is 0.397. The first kappa shape index (κ1) is 11.5. The third-order valence-electron chi connectivity index (χ3n) is 3.94. The minimum Gasteiger partial charge on any atom is -0.490 e. The minimum atomic E-state index is -0.785. The van der Waals surface area contributed by atoms with Crippen molar-refractivity contribution in [2.24, 2.45) is 0 Å². The summed E-state index contributed by atoms with van der Waals surface area (Å²) < 4.78 is 5.84. The Morgan fingerprint density at radius 3 is 3.00 bits per heavy atom. The Balaban J connectivity index is 1.73. The summed E-state index contributed by atoms with van der Waals surface area (Å²) in [6.07, 6.45) is 2.94. The van der Waals surface area contributed by atoms with Gasteiger partial charge in [-0.15, -0.1) is 0 Å². The molecule has 0 amide bonds. The van der Waals surface area contributed by atoms with Crippen molar-refractivity contribution < 1.29 is 14.6 Å². The maximum Gasteiger partial charge on any atom is 0.324 e. The Bertz CT molecular complexity index is 441. The average molecular weight is 247 g/mol. The number of carbonyl (C=O) groups is 1. The summed E-state index contributed by atoms with van der Waals surface area (Å²) in [6, 6.07) is 7.93. The predicted octanol–water partition coefficient (Wildman–Crippen LogP) is 1.59. The van der Waals surface area contributed by atoms with Crippen LogP contribution < -0.4 is 10.1 Å². The third-order valence-corrected chi connectivity index (χ3v) is 3.94. The topological polar surface area (TPSA) is 58.6 Å². The zero-order valence-electron chi connectivity index (χ0n) is 10.2. The molecule has 3 rings (SSSR count). The number of ether oxygens (including phenoxy) is 1. The molecule has 18 heavy (non-hydrogen) atoms. The van der Waals surface area contributed by atoms with Crippen molar-refractivity contribution in [3.05, 3.63) is 29.8 Å². The number of carboxylic acid groups (broad SMARTS) is 1. The van der Waals surface area contributed by atoms with E-state index < -0.39 is 11.5 Å². The van der Waals surface area contributed by atoms with Crippen molar-refractivity contribution >= 4 is 5.97 Å². The lowest BCUT2D eigenvalue weighted by Crippen LogP contribution is -2.50. The van der Waals surface area contributed by atoms with Crippen LogP contribution in [0.2, 0.25) is 0 Å². The Hall–Kier alpha value is -1.55. The Labute approximate surface area is 106 Å². The van der Waals surface area contributed by atoms with Crippen molar-refractivity contribution in [3.63, 3.8) is 0 Å². The molecule has 0 spiro atoms. The number of hydrogen-bond acceptors (Lipinski definition) is 3. The molecule has 1 saturated heterocycles. The molecular weight excluding hydrogens is 230 g/mol. The van der Waals surface area contributed by atoms with Gasteiger partial charge < -0.3 is 15.2 Å². The van der Waals surface area contributed by atoms with Crippen LogP contribution in [0.5, 0.6) is 5.75 Å². The molecule has 2 aliphatic heterocycles. The molecule has 4 heteroatoms. The molecule has 96 valence electrons.